The van der Waals surface area contributed by atoms with Crippen LogP contribution in [-0.4, -0.2) is 22.0 Å². The first-order valence-corrected chi connectivity index (χ1v) is 9.42. The zero-order valence-corrected chi connectivity index (χ0v) is 15.9. The smallest absolute Gasteiger partial charge is 0.306 e. The average molecular weight is 384 g/mol. The lowest BCUT2D eigenvalue weighted by molar-refractivity contribution is -0.141. The molecule has 0 aliphatic rings. The molecule has 1 aromatic carbocycles. The van der Waals surface area contributed by atoms with Crippen LogP contribution in [0.2, 0.25) is 0 Å². The highest BCUT2D eigenvalue weighted by Gasteiger charge is 2.16. The number of oxazole rings is 1. The van der Waals surface area contributed by atoms with Gasteiger partial charge in [0.05, 0.1) is 22.9 Å². The van der Waals surface area contributed by atoms with Crippen LogP contribution in [0.1, 0.15) is 23.9 Å². The Bertz CT molecular complexity index is 930. The van der Waals surface area contributed by atoms with Crippen molar-refractivity contribution in [1.82, 2.24) is 4.98 Å². The van der Waals surface area contributed by atoms with Crippen molar-refractivity contribution in [2.24, 2.45) is 5.92 Å². The van der Waals surface area contributed by atoms with E-state index in [1.165, 1.54) is 11.3 Å². The first-order valence-electron chi connectivity index (χ1n) is 8.54. The van der Waals surface area contributed by atoms with Gasteiger partial charge in [-0.3, -0.25) is 9.59 Å². The number of amides is 1. The molecule has 1 amide bonds. The predicted octanol–water partition coefficient (Wildman–Crippen LogP) is 4.16. The topological polar surface area (TPSA) is 92.4 Å². The molecular weight excluding hydrogens is 364 g/mol. The Balaban J connectivity index is 1.60. The van der Waals surface area contributed by atoms with E-state index in [1.54, 1.807) is 26.0 Å². The molecule has 6 nitrogen and oxygen atoms in total. The third kappa shape index (κ3) is 4.83. The second-order valence-corrected chi connectivity index (χ2v) is 7.31. The molecular formula is C20H20N2O4S. The minimum atomic E-state index is -0.822. The van der Waals surface area contributed by atoms with Crippen molar-refractivity contribution in [2.75, 3.05) is 5.32 Å². The number of rotatable bonds is 7. The standard InChI is InChI=1S/C20H20N2O4S/c1-12(20(24)25)10-14-5-7-15(8-6-14)21-18(23)11-16-13(2)26-19(22-16)17-4-3-9-27-17/h3-9,12H,10-11H2,1-2H3,(H,21,23)(H,24,25). The van der Waals surface area contributed by atoms with Crippen LogP contribution in [0.15, 0.2) is 46.2 Å². The molecule has 0 bridgehead atoms. The molecule has 2 aromatic heterocycles. The van der Waals surface area contributed by atoms with Gasteiger partial charge < -0.3 is 14.8 Å². The number of thiophene rings is 1. The number of nitrogens with one attached hydrogen (secondary N) is 1. The number of anilines is 1. The summed E-state index contributed by atoms with van der Waals surface area (Å²) in [6, 6.07) is 11.0. The van der Waals surface area contributed by atoms with Crippen molar-refractivity contribution in [2.45, 2.75) is 26.7 Å². The van der Waals surface area contributed by atoms with Crippen LogP contribution in [0, 0.1) is 12.8 Å². The van der Waals surface area contributed by atoms with Crippen molar-refractivity contribution in [3.8, 4) is 10.8 Å². The van der Waals surface area contributed by atoms with Gasteiger partial charge >= 0.3 is 5.97 Å². The largest absolute Gasteiger partial charge is 0.481 e. The van der Waals surface area contributed by atoms with Crippen LogP contribution in [0.5, 0.6) is 0 Å². The van der Waals surface area contributed by atoms with Crippen molar-refractivity contribution in [3.63, 3.8) is 0 Å². The molecule has 7 heteroatoms. The molecule has 1 unspecified atom stereocenters. The van der Waals surface area contributed by atoms with Gasteiger partial charge in [-0.15, -0.1) is 11.3 Å². The fourth-order valence-electron chi connectivity index (χ4n) is 2.62. The second kappa shape index (κ2) is 8.18. The van der Waals surface area contributed by atoms with Crippen molar-refractivity contribution in [3.05, 3.63) is 58.8 Å². The van der Waals surface area contributed by atoms with Gasteiger partial charge in [-0.2, -0.15) is 0 Å². The van der Waals surface area contributed by atoms with Gasteiger partial charge in [-0.05, 0) is 42.5 Å². The molecule has 3 aromatic rings. The predicted molar refractivity (Wildman–Crippen MR) is 104 cm³/mol. The molecule has 0 saturated heterocycles. The van der Waals surface area contributed by atoms with Crippen molar-refractivity contribution < 1.29 is 19.1 Å². The summed E-state index contributed by atoms with van der Waals surface area (Å²) in [6.07, 6.45) is 0.575. The Morgan fingerprint density at radius 2 is 2.00 bits per heavy atom. The number of hydrogen-bond donors (Lipinski definition) is 2. The van der Waals surface area contributed by atoms with E-state index in [1.807, 2.05) is 29.6 Å². The summed E-state index contributed by atoms with van der Waals surface area (Å²) in [5.41, 5.74) is 2.19. The molecule has 2 heterocycles. The molecule has 0 fully saturated rings. The second-order valence-electron chi connectivity index (χ2n) is 6.36. The number of nitrogens with zero attached hydrogens (tertiary/aromatic N) is 1. The van der Waals surface area contributed by atoms with Crippen molar-refractivity contribution >= 4 is 28.9 Å². The number of benzene rings is 1. The van der Waals surface area contributed by atoms with E-state index in [0.717, 1.165) is 10.4 Å². The zero-order chi connectivity index (χ0) is 19.4. The van der Waals surface area contributed by atoms with E-state index in [9.17, 15) is 9.59 Å². The highest BCUT2D eigenvalue weighted by atomic mass is 32.1. The maximum atomic E-state index is 12.3. The van der Waals surface area contributed by atoms with Gasteiger partial charge in [-0.1, -0.05) is 25.1 Å². The minimum absolute atomic E-state index is 0.124. The lowest BCUT2D eigenvalue weighted by atomic mass is 10.0. The number of hydrogen-bond acceptors (Lipinski definition) is 5. The van der Waals surface area contributed by atoms with Gasteiger partial charge in [0.25, 0.3) is 0 Å². The maximum Gasteiger partial charge on any atom is 0.306 e. The zero-order valence-electron chi connectivity index (χ0n) is 15.1. The third-order valence-electron chi connectivity index (χ3n) is 4.15. The number of carboxylic acid groups (broad SMARTS) is 1. The van der Waals surface area contributed by atoms with Gasteiger partial charge in [0, 0.05) is 5.69 Å². The van der Waals surface area contributed by atoms with Gasteiger partial charge in [0.15, 0.2) is 0 Å². The molecule has 1 atom stereocenters. The molecule has 0 aliphatic heterocycles. The number of aromatic nitrogens is 1. The Labute approximate surface area is 160 Å². The SMILES string of the molecule is Cc1oc(-c2cccs2)nc1CC(=O)Nc1ccc(CC(C)C(=O)O)cc1. The quantitative estimate of drug-likeness (QED) is 0.638. The maximum absolute atomic E-state index is 12.3. The molecule has 27 heavy (non-hydrogen) atoms. The summed E-state index contributed by atoms with van der Waals surface area (Å²) in [6.45, 7) is 3.47. The summed E-state index contributed by atoms with van der Waals surface area (Å²) in [7, 11) is 0. The molecule has 140 valence electrons. The summed E-state index contributed by atoms with van der Waals surface area (Å²) in [5.74, 6) is -0.292. The van der Waals surface area contributed by atoms with Gasteiger partial charge in [0.1, 0.15) is 5.76 Å². The fourth-order valence-corrected chi connectivity index (χ4v) is 3.27. The summed E-state index contributed by atoms with van der Waals surface area (Å²) in [4.78, 5) is 28.6. The highest BCUT2D eigenvalue weighted by molar-refractivity contribution is 7.13. The van der Waals surface area contributed by atoms with Crippen LogP contribution in [0.4, 0.5) is 5.69 Å². The van der Waals surface area contributed by atoms with Crippen molar-refractivity contribution in [1.29, 1.82) is 0 Å². The van der Waals surface area contributed by atoms with E-state index < -0.39 is 11.9 Å². The van der Waals surface area contributed by atoms with Crippen LogP contribution in [-0.2, 0) is 22.4 Å². The lowest BCUT2D eigenvalue weighted by Gasteiger charge is -2.08. The van der Waals surface area contributed by atoms with Gasteiger partial charge in [-0.25, -0.2) is 4.98 Å². The van der Waals surface area contributed by atoms with Crippen LogP contribution in [0.3, 0.4) is 0 Å². The Hall–Kier alpha value is -2.93. The number of carbonyl (C=O) groups is 2. The molecule has 0 aliphatic carbocycles. The first-order chi connectivity index (χ1) is 12.9. The first kappa shape index (κ1) is 18.8. The molecule has 2 N–H and O–H groups in total. The van der Waals surface area contributed by atoms with E-state index in [-0.39, 0.29) is 12.3 Å². The molecule has 0 saturated carbocycles. The highest BCUT2D eigenvalue weighted by Crippen LogP contribution is 2.26. The van der Waals surface area contributed by atoms with E-state index in [4.69, 9.17) is 9.52 Å². The molecule has 0 radical (unpaired) electrons. The average Bonchev–Trinajstić information content (AvgIpc) is 3.27. The number of carbonyl (C=O) groups excluding carboxylic acids is 1. The molecule has 3 rings (SSSR count). The van der Waals surface area contributed by atoms with E-state index in [0.29, 0.717) is 29.5 Å². The summed E-state index contributed by atoms with van der Waals surface area (Å²) in [5, 5.41) is 13.7. The summed E-state index contributed by atoms with van der Waals surface area (Å²) < 4.78 is 5.65. The number of carboxylic acids is 1. The third-order valence-corrected chi connectivity index (χ3v) is 5.01. The van der Waals surface area contributed by atoms with Gasteiger partial charge in [0.2, 0.25) is 11.8 Å². The lowest BCUT2D eigenvalue weighted by Crippen LogP contribution is -2.15. The van der Waals surface area contributed by atoms with Crippen LogP contribution < -0.4 is 5.32 Å². The number of aryl methyl sites for hydroxylation is 1. The molecule has 0 spiro atoms. The van der Waals surface area contributed by atoms with Crippen LogP contribution >= 0.6 is 11.3 Å². The Morgan fingerprint density at radius 3 is 2.63 bits per heavy atom. The number of aliphatic carboxylic acids is 1. The Kier molecular flexibility index (Phi) is 5.71. The van der Waals surface area contributed by atoms with E-state index in [2.05, 4.69) is 10.3 Å². The van der Waals surface area contributed by atoms with E-state index >= 15 is 0 Å². The summed E-state index contributed by atoms with van der Waals surface area (Å²) >= 11 is 1.53. The minimum Gasteiger partial charge on any atom is -0.481 e. The monoisotopic (exact) mass is 384 g/mol. The Morgan fingerprint density at radius 1 is 1.26 bits per heavy atom. The van der Waals surface area contributed by atoms with Crippen LogP contribution in [0.25, 0.3) is 10.8 Å². The fraction of sp³-hybridized carbons (Fsp3) is 0.250. The normalized spacial score (nSPS) is 11.9.